The van der Waals surface area contributed by atoms with Gasteiger partial charge < -0.3 is 24.7 Å². The van der Waals surface area contributed by atoms with Crippen LogP contribution in [-0.4, -0.2) is 39.7 Å². The van der Waals surface area contributed by atoms with Gasteiger partial charge in [-0.25, -0.2) is 4.99 Å². The van der Waals surface area contributed by atoms with Crippen LogP contribution in [0.1, 0.15) is 41.0 Å². The van der Waals surface area contributed by atoms with Crippen LogP contribution >= 0.6 is 0 Å². The Labute approximate surface area is 111 Å². The van der Waals surface area contributed by atoms with Gasteiger partial charge in [-0.2, -0.15) is 0 Å². The highest BCUT2D eigenvalue weighted by atomic mass is 28.4. The van der Waals surface area contributed by atoms with Gasteiger partial charge in [-0.15, -0.1) is 0 Å². The Kier molecular flexibility index (Phi) is 6.83. The zero-order valence-electron chi connectivity index (χ0n) is 12.3. The topological polar surface area (TPSA) is 92.1 Å². The molecule has 0 aromatic carbocycles. The maximum absolute atomic E-state index is 6.05. The molecule has 0 heterocycles. The lowest BCUT2D eigenvalue weighted by Gasteiger charge is -2.37. The molecule has 6 nitrogen and oxygen atoms in total. The summed E-state index contributed by atoms with van der Waals surface area (Å²) in [5, 5.41) is 0. The summed E-state index contributed by atoms with van der Waals surface area (Å²) < 4.78 is 17.4. The minimum absolute atomic E-state index is 0.0213. The van der Waals surface area contributed by atoms with E-state index in [1.165, 1.54) is 0 Å². The zero-order chi connectivity index (χ0) is 14.4. The van der Waals surface area contributed by atoms with Gasteiger partial charge in [-0.3, -0.25) is 0 Å². The zero-order valence-corrected chi connectivity index (χ0v) is 13.3. The fraction of sp³-hybridized carbons (Fsp3) is 0.909. The van der Waals surface area contributed by atoms with E-state index >= 15 is 0 Å². The molecule has 2 atom stereocenters. The van der Waals surface area contributed by atoms with Gasteiger partial charge >= 0.3 is 8.80 Å². The van der Waals surface area contributed by atoms with E-state index in [1.807, 2.05) is 34.6 Å². The van der Waals surface area contributed by atoms with Gasteiger partial charge in [0.1, 0.15) is 5.67 Å². The Morgan fingerprint density at radius 1 is 1.28 bits per heavy atom. The lowest BCUT2D eigenvalue weighted by atomic mass is 10.2. The summed E-state index contributed by atoms with van der Waals surface area (Å²) >= 11 is 0. The lowest BCUT2D eigenvalue weighted by molar-refractivity contribution is 0.00130. The number of nitrogens with two attached hydrogens (primary N) is 2. The molecule has 0 aromatic rings. The first-order valence-corrected chi connectivity index (χ1v) is 7.99. The van der Waals surface area contributed by atoms with Gasteiger partial charge in [0.15, 0.2) is 5.96 Å². The van der Waals surface area contributed by atoms with Gasteiger partial charge in [0.05, 0.1) is 5.60 Å². The molecular weight excluding hydrogens is 250 g/mol. The van der Waals surface area contributed by atoms with Crippen LogP contribution < -0.4 is 11.5 Å². The normalized spacial score (nSPS) is 17.0. The highest BCUT2D eigenvalue weighted by Gasteiger charge is 2.51. The first kappa shape index (κ1) is 17.4. The van der Waals surface area contributed by atoms with Crippen molar-refractivity contribution >= 4 is 14.8 Å². The Bertz CT molecular complexity index is 277. The quantitative estimate of drug-likeness (QED) is 0.412. The Morgan fingerprint density at radius 2 is 1.83 bits per heavy atom. The lowest BCUT2D eigenvalue weighted by Crippen LogP contribution is -2.58. The van der Waals surface area contributed by atoms with Crippen LogP contribution in [0, 0.1) is 0 Å². The molecule has 0 saturated carbocycles. The second kappa shape index (κ2) is 7.08. The van der Waals surface area contributed by atoms with E-state index in [4.69, 9.17) is 24.7 Å². The van der Waals surface area contributed by atoms with E-state index < -0.39 is 8.80 Å². The van der Waals surface area contributed by atoms with E-state index in [2.05, 4.69) is 4.99 Å². The fourth-order valence-corrected chi connectivity index (χ4v) is 4.58. The first-order chi connectivity index (χ1) is 8.20. The summed E-state index contributed by atoms with van der Waals surface area (Å²) in [7, 11) is -1.36. The minimum Gasteiger partial charge on any atom is -0.376 e. The average molecular weight is 277 g/mol. The Hall–Kier alpha value is -0.633. The molecule has 0 aliphatic rings. The van der Waals surface area contributed by atoms with Crippen molar-refractivity contribution in [2.45, 2.75) is 52.3 Å². The number of rotatable bonds is 7. The van der Waals surface area contributed by atoms with E-state index in [1.54, 1.807) is 7.11 Å². The molecule has 0 aliphatic carbocycles. The van der Waals surface area contributed by atoms with Crippen molar-refractivity contribution in [3.8, 4) is 0 Å². The Morgan fingerprint density at radius 3 is 2.11 bits per heavy atom. The number of nitrogens with zero attached hydrogens (tertiary/aromatic N) is 1. The van der Waals surface area contributed by atoms with Crippen molar-refractivity contribution in [3.63, 3.8) is 0 Å². The molecule has 0 saturated heterocycles. The van der Waals surface area contributed by atoms with Crippen LogP contribution in [-0.2, 0) is 13.3 Å². The van der Waals surface area contributed by atoms with Gasteiger partial charge in [-0.1, -0.05) is 6.92 Å². The number of guanidine groups is 1. The second-order valence-corrected chi connectivity index (χ2v) is 7.71. The maximum atomic E-state index is 6.05. The van der Waals surface area contributed by atoms with Crippen LogP contribution in [0.15, 0.2) is 4.99 Å². The van der Waals surface area contributed by atoms with Crippen LogP contribution in [0.3, 0.4) is 0 Å². The summed E-state index contributed by atoms with van der Waals surface area (Å²) in [6.07, 6.45) is 0.689. The van der Waals surface area contributed by atoms with Gasteiger partial charge in [0.2, 0.25) is 0 Å². The molecule has 2 unspecified atom stereocenters. The van der Waals surface area contributed by atoms with Crippen LogP contribution in [0.5, 0.6) is 0 Å². The molecule has 0 radical (unpaired) electrons. The number of hydrogen-bond acceptors (Lipinski definition) is 4. The predicted molar refractivity (Wildman–Crippen MR) is 75.1 cm³/mol. The van der Waals surface area contributed by atoms with Gasteiger partial charge in [-0.05, 0) is 34.1 Å². The fourth-order valence-electron chi connectivity index (χ4n) is 1.66. The van der Waals surface area contributed by atoms with Crippen molar-refractivity contribution in [2.24, 2.45) is 16.5 Å². The van der Waals surface area contributed by atoms with Crippen LogP contribution in [0.2, 0.25) is 0 Å². The van der Waals surface area contributed by atoms with E-state index in [-0.39, 0.29) is 17.2 Å². The second-order valence-electron chi connectivity index (χ2n) is 4.93. The molecule has 0 aromatic heterocycles. The third kappa shape index (κ3) is 5.34. The molecule has 108 valence electrons. The smallest absolute Gasteiger partial charge is 0.376 e. The first-order valence-electron chi connectivity index (χ1n) is 6.18. The molecule has 0 bridgehead atoms. The number of aliphatic imine (C=N–C) groups is 1. The summed E-state index contributed by atoms with van der Waals surface area (Å²) in [4.78, 5) is 4.20. The molecular formula is C11H27N3O3Si. The molecule has 0 spiro atoms. The predicted octanol–water partition coefficient (Wildman–Crippen LogP) is 1.01. The summed E-state index contributed by atoms with van der Waals surface area (Å²) in [5.41, 5.74) is 10.3. The average Bonchev–Trinajstić information content (AvgIpc) is 2.23. The maximum Gasteiger partial charge on any atom is 0.527 e. The molecule has 7 heteroatoms. The number of hydrogen-bond donors (Lipinski definition) is 2. The van der Waals surface area contributed by atoms with Gasteiger partial charge in [0, 0.05) is 13.7 Å². The molecule has 0 amide bonds. The highest BCUT2D eigenvalue weighted by Crippen LogP contribution is 2.25. The molecule has 0 rings (SSSR count). The van der Waals surface area contributed by atoms with Crippen LogP contribution in [0.25, 0.3) is 0 Å². The minimum atomic E-state index is -2.94. The molecule has 18 heavy (non-hydrogen) atoms. The molecule has 0 aliphatic heterocycles. The van der Waals surface area contributed by atoms with Gasteiger partial charge in [0.25, 0.3) is 0 Å². The monoisotopic (exact) mass is 277 g/mol. The van der Waals surface area contributed by atoms with E-state index in [0.717, 1.165) is 0 Å². The third-order valence-corrected chi connectivity index (χ3v) is 5.69. The van der Waals surface area contributed by atoms with Crippen molar-refractivity contribution in [1.29, 1.82) is 0 Å². The van der Waals surface area contributed by atoms with Crippen molar-refractivity contribution in [3.05, 3.63) is 0 Å². The third-order valence-electron chi connectivity index (χ3n) is 2.18. The summed E-state index contributed by atoms with van der Waals surface area (Å²) in [6, 6.07) is 0. The summed E-state index contributed by atoms with van der Waals surface area (Å²) in [6.45, 7) is 10.2. The molecule has 0 fully saturated rings. The standard InChI is InChI=1S/C11H27N3O3Si/c1-7-9(14-10(12)13)18(15-6,16-8-2)17-11(3,4)5/h9H,7-8H2,1-6H3,(H4,12,13,14). The summed E-state index contributed by atoms with van der Waals surface area (Å²) in [5.74, 6) is 0.0213. The van der Waals surface area contributed by atoms with Crippen LogP contribution in [0.4, 0.5) is 0 Å². The van der Waals surface area contributed by atoms with E-state index in [0.29, 0.717) is 13.0 Å². The van der Waals surface area contributed by atoms with Crippen molar-refractivity contribution in [2.75, 3.05) is 13.7 Å². The molecule has 4 N–H and O–H groups in total. The van der Waals surface area contributed by atoms with E-state index in [9.17, 15) is 0 Å². The Balaban J connectivity index is 5.33. The highest BCUT2D eigenvalue weighted by molar-refractivity contribution is 6.62. The largest absolute Gasteiger partial charge is 0.527 e. The van der Waals surface area contributed by atoms with Crippen molar-refractivity contribution in [1.82, 2.24) is 0 Å². The SMILES string of the molecule is CCO[Si](OC)(OC(C)(C)C)C(CC)N=C(N)N. The van der Waals surface area contributed by atoms with Crippen molar-refractivity contribution < 1.29 is 13.3 Å².